The molecule has 0 spiro atoms. The largest absolute Gasteiger partial charge is 0.419 e. The highest BCUT2D eigenvalue weighted by atomic mass is 19.4. The van der Waals surface area contributed by atoms with Crippen molar-refractivity contribution in [1.29, 1.82) is 5.26 Å². The van der Waals surface area contributed by atoms with Crippen LogP contribution in [0.1, 0.15) is 55.5 Å². The molecule has 1 heterocycles. The normalized spacial score (nSPS) is 20.8. The second-order valence-corrected chi connectivity index (χ2v) is 8.89. The fourth-order valence-electron chi connectivity index (χ4n) is 4.17. The molecule has 1 aromatic carbocycles. The molecule has 1 aromatic heterocycles. The van der Waals surface area contributed by atoms with Gasteiger partial charge in [-0.1, -0.05) is 26.0 Å². The minimum Gasteiger partial charge on any atom is -0.393 e. The Bertz CT molecular complexity index is 935. The molecule has 2 N–H and O–H groups in total. The molecule has 2 atom stereocenters. The first-order valence-corrected chi connectivity index (χ1v) is 10.4. The van der Waals surface area contributed by atoms with Crippen LogP contribution in [-0.2, 0) is 19.0 Å². The van der Waals surface area contributed by atoms with E-state index in [0.29, 0.717) is 37.8 Å². The van der Waals surface area contributed by atoms with E-state index in [-0.39, 0.29) is 29.4 Å². The molecule has 2 aromatic rings. The molecule has 0 amide bonds. The summed E-state index contributed by atoms with van der Waals surface area (Å²) < 4.78 is 40.6. The molecule has 1 fully saturated rings. The lowest BCUT2D eigenvalue weighted by molar-refractivity contribution is -0.138. The van der Waals surface area contributed by atoms with Gasteiger partial charge in [0.25, 0.3) is 0 Å². The van der Waals surface area contributed by atoms with Gasteiger partial charge in [-0.3, -0.25) is 0 Å². The average Bonchev–Trinajstić information content (AvgIpc) is 2.70. The Morgan fingerprint density at radius 2 is 1.94 bits per heavy atom. The van der Waals surface area contributed by atoms with Crippen molar-refractivity contribution in [3.63, 3.8) is 0 Å². The van der Waals surface area contributed by atoms with E-state index in [1.165, 1.54) is 0 Å². The molecule has 8 heteroatoms. The molecular formula is C23H27F3N4O. The number of aliphatic hydroxyl groups excluding tert-OH is 1. The van der Waals surface area contributed by atoms with E-state index in [1.54, 1.807) is 12.1 Å². The van der Waals surface area contributed by atoms with Crippen LogP contribution in [0, 0.1) is 22.7 Å². The highest BCUT2D eigenvalue weighted by Gasteiger charge is 2.39. The summed E-state index contributed by atoms with van der Waals surface area (Å²) in [4.78, 5) is 8.08. The van der Waals surface area contributed by atoms with Crippen LogP contribution in [0.2, 0.25) is 0 Å². The number of anilines is 1. The summed E-state index contributed by atoms with van der Waals surface area (Å²) in [5, 5.41) is 22.0. The number of aromatic nitrogens is 2. The number of alkyl halides is 3. The van der Waals surface area contributed by atoms with E-state index in [1.807, 2.05) is 26.0 Å². The summed E-state index contributed by atoms with van der Waals surface area (Å²) in [6, 6.07) is 9.20. The van der Waals surface area contributed by atoms with Gasteiger partial charge in [0.15, 0.2) is 0 Å². The Labute approximate surface area is 180 Å². The number of nitriles is 1. The maximum absolute atomic E-state index is 13.5. The van der Waals surface area contributed by atoms with Crippen LogP contribution in [0.5, 0.6) is 0 Å². The predicted octanol–water partition coefficient (Wildman–Crippen LogP) is 4.75. The van der Waals surface area contributed by atoms with Crippen LogP contribution in [0.3, 0.4) is 0 Å². The van der Waals surface area contributed by atoms with Gasteiger partial charge in [-0.25, -0.2) is 9.97 Å². The van der Waals surface area contributed by atoms with E-state index in [4.69, 9.17) is 5.26 Å². The maximum Gasteiger partial charge on any atom is 0.419 e. The fourth-order valence-corrected chi connectivity index (χ4v) is 4.17. The fraction of sp³-hybridized carbons (Fsp3) is 0.522. The van der Waals surface area contributed by atoms with Crippen molar-refractivity contribution in [1.82, 2.24) is 9.97 Å². The summed E-state index contributed by atoms with van der Waals surface area (Å²) in [6.07, 6.45) is -1.35. The number of hydrogen-bond acceptors (Lipinski definition) is 5. The van der Waals surface area contributed by atoms with Crippen LogP contribution in [-0.4, -0.2) is 27.7 Å². The zero-order chi connectivity index (χ0) is 22.6. The molecule has 1 saturated carbocycles. The first kappa shape index (κ1) is 23.0. The molecule has 0 radical (unpaired) electrons. The van der Waals surface area contributed by atoms with Crippen LogP contribution in [0.4, 0.5) is 19.1 Å². The van der Waals surface area contributed by atoms with Gasteiger partial charge in [0.05, 0.1) is 29.0 Å². The van der Waals surface area contributed by atoms with Crippen molar-refractivity contribution in [2.24, 2.45) is 11.3 Å². The Morgan fingerprint density at radius 1 is 1.23 bits per heavy atom. The summed E-state index contributed by atoms with van der Waals surface area (Å²) in [5.74, 6) is 0.202. The van der Waals surface area contributed by atoms with E-state index in [0.717, 1.165) is 11.8 Å². The van der Waals surface area contributed by atoms with Gasteiger partial charge in [-0.2, -0.15) is 18.4 Å². The smallest absolute Gasteiger partial charge is 0.393 e. The minimum atomic E-state index is -4.51. The molecule has 0 unspecified atom stereocenters. The second kappa shape index (κ2) is 9.23. The lowest BCUT2D eigenvalue weighted by atomic mass is 9.69. The predicted molar refractivity (Wildman–Crippen MR) is 111 cm³/mol. The van der Waals surface area contributed by atoms with E-state index >= 15 is 0 Å². The zero-order valence-electron chi connectivity index (χ0n) is 17.7. The van der Waals surface area contributed by atoms with Crippen molar-refractivity contribution >= 4 is 5.95 Å². The highest BCUT2D eigenvalue weighted by Crippen LogP contribution is 2.41. The zero-order valence-corrected chi connectivity index (χ0v) is 17.7. The molecule has 3 rings (SSSR count). The van der Waals surface area contributed by atoms with E-state index < -0.39 is 17.8 Å². The van der Waals surface area contributed by atoms with Crippen molar-refractivity contribution in [3.05, 3.63) is 52.8 Å². The average molecular weight is 432 g/mol. The molecule has 1 aliphatic carbocycles. The van der Waals surface area contributed by atoms with E-state index in [2.05, 4.69) is 21.4 Å². The van der Waals surface area contributed by atoms with Crippen molar-refractivity contribution in [3.8, 4) is 6.07 Å². The molecule has 5 nitrogen and oxygen atoms in total. The number of nitrogens with one attached hydrogen (secondary N) is 1. The standard InChI is InChI=1S/C23H27F3N4O/c1-22(2)12-17(7-8-20(22)31)11-19-18(23(24,25)26)14-29-21(30-19)28-10-9-15-3-5-16(13-27)6-4-15/h3-6,14,17,20,31H,7-12H2,1-2H3,(H,28,29,30)/t17-,20-/m0/s1. The molecule has 0 bridgehead atoms. The van der Waals surface area contributed by atoms with Crippen molar-refractivity contribution < 1.29 is 18.3 Å². The first-order chi connectivity index (χ1) is 14.6. The molecule has 0 saturated heterocycles. The maximum atomic E-state index is 13.5. The van der Waals surface area contributed by atoms with Gasteiger partial charge in [-0.15, -0.1) is 0 Å². The van der Waals surface area contributed by atoms with Crippen LogP contribution < -0.4 is 5.32 Å². The van der Waals surface area contributed by atoms with Gasteiger partial charge in [0.2, 0.25) is 5.95 Å². The lowest BCUT2D eigenvalue weighted by Crippen LogP contribution is -2.37. The highest BCUT2D eigenvalue weighted by molar-refractivity contribution is 5.34. The molecule has 1 aliphatic rings. The quantitative estimate of drug-likeness (QED) is 0.688. The number of benzene rings is 1. The van der Waals surface area contributed by atoms with Crippen molar-refractivity contribution in [2.75, 3.05) is 11.9 Å². The van der Waals surface area contributed by atoms with Crippen molar-refractivity contribution in [2.45, 2.75) is 58.2 Å². The van der Waals surface area contributed by atoms with E-state index in [9.17, 15) is 18.3 Å². The summed E-state index contributed by atoms with van der Waals surface area (Å²) in [5.41, 5.74) is 0.457. The number of aliphatic hydroxyl groups is 1. The Balaban J connectivity index is 1.70. The lowest BCUT2D eigenvalue weighted by Gasteiger charge is -2.39. The Morgan fingerprint density at radius 3 is 2.55 bits per heavy atom. The Hall–Kier alpha value is -2.66. The number of nitrogens with zero attached hydrogens (tertiary/aromatic N) is 3. The number of rotatable bonds is 6. The molecule has 31 heavy (non-hydrogen) atoms. The number of halogens is 3. The van der Waals surface area contributed by atoms with Gasteiger partial charge >= 0.3 is 6.18 Å². The van der Waals surface area contributed by atoms with Gasteiger partial charge in [0.1, 0.15) is 0 Å². The van der Waals surface area contributed by atoms with Gasteiger partial charge < -0.3 is 10.4 Å². The van der Waals surface area contributed by atoms with Gasteiger partial charge in [-0.05, 0) is 61.1 Å². The molecule has 0 aliphatic heterocycles. The summed E-state index contributed by atoms with van der Waals surface area (Å²) >= 11 is 0. The molecule has 166 valence electrons. The summed E-state index contributed by atoms with van der Waals surface area (Å²) in [6.45, 7) is 4.36. The van der Waals surface area contributed by atoms with Crippen LogP contribution in [0.25, 0.3) is 0 Å². The second-order valence-electron chi connectivity index (χ2n) is 8.89. The topological polar surface area (TPSA) is 81.8 Å². The molecular weight excluding hydrogens is 405 g/mol. The Kier molecular flexibility index (Phi) is 6.85. The minimum absolute atomic E-state index is 0.000521. The first-order valence-electron chi connectivity index (χ1n) is 10.4. The third kappa shape index (κ3) is 5.95. The number of hydrogen-bond donors (Lipinski definition) is 2. The third-order valence-corrected chi connectivity index (χ3v) is 6.00. The van der Waals surface area contributed by atoms with Gasteiger partial charge in [0, 0.05) is 12.7 Å². The monoisotopic (exact) mass is 432 g/mol. The van der Waals surface area contributed by atoms with Crippen LogP contribution in [0.15, 0.2) is 30.5 Å². The third-order valence-electron chi connectivity index (χ3n) is 6.00. The van der Waals surface area contributed by atoms with Crippen LogP contribution >= 0.6 is 0 Å². The summed E-state index contributed by atoms with van der Waals surface area (Å²) in [7, 11) is 0. The SMILES string of the molecule is CC1(C)C[C@H](Cc2nc(NCCc3ccc(C#N)cc3)ncc2C(F)(F)F)CC[C@@H]1O.